The Bertz CT molecular complexity index is 309. The maximum Gasteiger partial charge on any atom is 0.0409 e. The maximum absolute atomic E-state index is 4.53. The Morgan fingerprint density at radius 2 is 1.60 bits per heavy atom. The van der Waals surface area contributed by atoms with Gasteiger partial charge in [0.2, 0.25) is 0 Å². The minimum absolute atomic E-state index is 0.202. The molecule has 0 unspecified atom stereocenters. The van der Waals surface area contributed by atoms with Crippen LogP contribution in [0.15, 0.2) is 18.3 Å². The normalized spacial score (nSPS) is 12.9. The number of hydrogen-bond acceptors (Lipinski definition) is 1. The summed E-state index contributed by atoms with van der Waals surface area (Å²) in [5, 5.41) is 0. The number of pyridine rings is 1. The van der Waals surface area contributed by atoms with Gasteiger partial charge in [-0.25, -0.2) is 0 Å². The van der Waals surface area contributed by atoms with E-state index in [1.54, 1.807) is 0 Å². The van der Waals surface area contributed by atoms with Crippen molar-refractivity contribution in [3.05, 3.63) is 29.6 Å². The van der Waals surface area contributed by atoms with E-state index in [1.807, 2.05) is 6.20 Å². The zero-order valence-corrected chi connectivity index (χ0v) is 10.9. The molecule has 0 amide bonds. The lowest BCUT2D eigenvalue weighted by molar-refractivity contribution is 0.406. The summed E-state index contributed by atoms with van der Waals surface area (Å²) in [4.78, 5) is 4.53. The molecule has 0 bridgehead atoms. The van der Waals surface area contributed by atoms with Crippen molar-refractivity contribution >= 4 is 0 Å². The molecule has 0 radical (unpaired) electrons. The first-order valence-electron chi connectivity index (χ1n) is 5.64. The van der Waals surface area contributed by atoms with Gasteiger partial charge in [0.05, 0.1) is 0 Å². The molecule has 0 saturated carbocycles. The zero-order chi connectivity index (χ0) is 11.7. The van der Waals surface area contributed by atoms with Crippen molar-refractivity contribution in [2.75, 3.05) is 0 Å². The zero-order valence-electron chi connectivity index (χ0n) is 10.9. The minimum atomic E-state index is 0.202. The van der Waals surface area contributed by atoms with E-state index < -0.39 is 0 Å². The van der Waals surface area contributed by atoms with Crippen molar-refractivity contribution in [2.45, 2.75) is 53.4 Å². The molecule has 0 fully saturated rings. The van der Waals surface area contributed by atoms with Crippen LogP contribution in [0.3, 0.4) is 0 Å². The summed E-state index contributed by atoms with van der Waals surface area (Å²) in [6.45, 7) is 13.4. The lowest BCUT2D eigenvalue weighted by Crippen LogP contribution is -2.14. The molecule has 0 saturated heterocycles. The Morgan fingerprint density at radius 1 is 1.00 bits per heavy atom. The highest BCUT2D eigenvalue weighted by Crippen LogP contribution is 2.23. The summed E-state index contributed by atoms with van der Waals surface area (Å²) in [7, 11) is 0. The molecule has 0 aromatic carbocycles. The summed E-state index contributed by atoms with van der Waals surface area (Å²) in [6, 6.07) is 4.36. The third kappa shape index (κ3) is 4.03. The van der Waals surface area contributed by atoms with Crippen molar-refractivity contribution in [3.63, 3.8) is 0 Å². The average Bonchev–Trinajstić information content (AvgIpc) is 2.00. The largest absolute Gasteiger partial charge is 0.261 e. The second-order valence-electron chi connectivity index (χ2n) is 6.53. The Morgan fingerprint density at radius 3 is 1.93 bits per heavy atom. The summed E-state index contributed by atoms with van der Waals surface area (Å²) >= 11 is 0. The second kappa shape index (κ2) is 3.96. The highest BCUT2D eigenvalue weighted by Gasteiger charge is 2.15. The highest BCUT2D eigenvalue weighted by atomic mass is 14.7. The molecular formula is C14H23N. The van der Waals surface area contributed by atoms with E-state index in [0.29, 0.717) is 5.41 Å². The Hall–Kier alpha value is -0.850. The standard InChI is InChI=1S/C14H23N/c1-13(2,3)9-12-8-7-11(10-15-12)14(4,5)6/h7-8,10H,9H2,1-6H3. The molecule has 1 nitrogen and oxygen atoms in total. The Kier molecular flexibility index (Phi) is 3.22. The fourth-order valence-electron chi connectivity index (χ4n) is 1.52. The van der Waals surface area contributed by atoms with E-state index in [2.05, 4.69) is 58.7 Å². The first-order valence-corrected chi connectivity index (χ1v) is 5.64. The van der Waals surface area contributed by atoms with Crippen LogP contribution in [0.4, 0.5) is 0 Å². The number of rotatable bonds is 1. The molecule has 15 heavy (non-hydrogen) atoms. The van der Waals surface area contributed by atoms with Gasteiger partial charge in [0.1, 0.15) is 0 Å². The first kappa shape index (κ1) is 12.2. The maximum atomic E-state index is 4.53. The lowest BCUT2D eigenvalue weighted by Gasteiger charge is -2.20. The van der Waals surface area contributed by atoms with E-state index in [-0.39, 0.29) is 5.41 Å². The number of nitrogens with zero attached hydrogens (tertiary/aromatic N) is 1. The van der Waals surface area contributed by atoms with Gasteiger partial charge < -0.3 is 0 Å². The van der Waals surface area contributed by atoms with Crippen molar-refractivity contribution in [1.82, 2.24) is 4.98 Å². The molecule has 0 N–H and O–H groups in total. The van der Waals surface area contributed by atoms with E-state index in [9.17, 15) is 0 Å². The summed E-state index contributed by atoms with van der Waals surface area (Å²) in [5.74, 6) is 0. The second-order valence-corrected chi connectivity index (χ2v) is 6.53. The number of hydrogen-bond donors (Lipinski definition) is 0. The van der Waals surface area contributed by atoms with Crippen LogP contribution < -0.4 is 0 Å². The average molecular weight is 205 g/mol. The van der Waals surface area contributed by atoms with E-state index in [0.717, 1.165) is 6.42 Å². The predicted molar refractivity (Wildman–Crippen MR) is 66.1 cm³/mol. The van der Waals surface area contributed by atoms with E-state index >= 15 is 0 Å². The van der Waals surface area contributed by atoms with E-state index in [1.165, 1.54) is 11.3 Å². The topological polar surface area (TPSA) is 12.9 Å². The fourth-order valence-corrected chi connectivity index (χ4v) is 1.52. The smallest absolute Gasteiger partial charge is 0.0409 e. The molecule has 1 rings (SSSR count). The van der Waals surface area contributed by atoms with Gasteiger partial charge in [-0.1, -0.05) is 47.6 Å². The molecule has 1 aromatic rings. The monoisotopic (exact) mass is 205 g/mol. The molecule has 1 heteroatoms. The van der Waals surface area contributed by atoms with Gasteiger partial charge in [-0.15, -0.1) is 0 Å². The van der Waals surface area contributed by atoms with Crippen LogP contribution in [0.25, 0.3) is 0 Å². The quantitative estimate of drug-likeness (QED) is 0.676. The van der Waals surface area contributed by atoms with Crippen LogP contribution in [0.5, 0.6) is 0 Å². The van der Waals surface area contributed by atoms with E-state index in [4.69, 9.17) is 0 Å². The SMILES string of the molecule is CC(C)(C)Cc1ccc(C(C)(C)C)cn1. The van der Waals surface area contributed by atoms with Gasteiger partial charge in [-0.3, -0.25) is 4.98 Å². The van der Waals surface area contributed by atoms with Crippen molar-refractivity contribution in [1.29, 1.82) is 0 Å². The third-order valence-electron chi connectivity index (χ3n) is 2.40. The van der Waals surface area contributed by atoms with Gasteiger partial charge in [0.25, 0.3) is 0 Å². The van der Waals surface area contributed by atoms with Crippen LogP contribution in [0, 0.1) is 5.41 Å². The van der Waals surface area contributed by atoms with Crippen LogP contribution in [0.2, 0.25) is 0 Å². The fraction of sp³-hybridized carbons (Fsp3) is 0.643. The molecule has 1 heterocycles. The van der Waals surface area contributed by atoms with Gasteiger partial charge in [-0.2, -0.15) is 0 Å². The van der Waals surface area contributed by atoms with Gasteiger partial charge in [0, 0.05) is 11.9 Å². The summed E-state index contributed by atoms with van der Waals surface area (Å²) < 4.78 is 0. The van der Waals surface area contributed by atoms with Gasteiger partial charge in [0.15, 0.2) is 0 Å². The first-order chi connectivity index (χ1) is 6.68. The van der Waals surface area contributed by atoms with Crippen LogP contribution in [-0.2, 0) is 11.8 Å². The highest BCUT2D eigenvalue weighted by molar-refractivity contribution is 5.21. The molecule has 0 spiro atoms. The predicted octanol–water partition coefficient (Wildman–Crippen LogP) is 3.97. The summed E-state index contributed by atoms with van der Waals surface area (Å²) in [5.41, 5.74) is 3.01. The van der Waals surface area contributed by atoms with Crippen LogP contribution in [0.1, 0.15) is 52.8 Å². The van der Waals surface area contributed by atoms with Gasteiger partial charge >= 0.3 is 0 Å². The molecule has 1 aromatic heterocycles. The van der Waals surface area contributed by atoms with Crippen LogP contribution in [-0.4, -0.2) is 4.98 Å². The van der Waals surface area contributed by atoms with Crippen molar-refractivity contribution < 1.29 is 0 Å². The Balaban J connectivity index is 2.82. The minimum Gasteiger partial charge on any atom is -0.261 e. The molecule has 0 aliphatic heterocycles. The molecule has 0 aliphatic carbocycles. The molecule has 0 aliphatic rings. The molecule has 0 atom stereocenters. The Labute approximate surface area is 93.9 Å². The third-order valence-corrected chi connectivity index (χ3v) is 2.40. The summed E-state index contributed by atoms with van der Waals surface area (Å²) in [6.07, 6.45) is 3.05. The van der Waals surface area contributed by atoms with Crippen molar-refractivity contribution in [2.24, 2.45) is 5.41 Å². The van der Waals surface area contributed by atoms with Crippen LogP contribution >= 0.6 is 0 Å². The molecular weight excluding hydrogens is 182 g/mol. The number of aromatic nitrogens is 1. The van der Waals surface area contributed by atoms with Crippen molar-refractivity contribution in [3.8, 4) is 0 Å². The molecule has 84 valence electrons. The van der Waals surface area contributed by atoms with Gasteiger partial charge in [-0.05, 0) is 28.9 Å². The lowest BCUT2D eigenvalue weighted by atomic mass is 9.87.